The molecule has 0 aliphatic carbocycles. The molecule has 122 valence electrons. The van der Waals surface area contributed by atoms with Crippen LogP contribution in [0.15, 0.2) is 42.7 Å². The maximum absolute atomic E-state index is 5.68. The minimum absolute atomic E-state index is 0.136. The lowest BCUT2D eigenvalue weighted by Crippen LogP contribution is -2.45. The number of benzene rings is 1. The zero-order chi connectivity index (χ0) is 15.9. The summed E-state index contributed by atoms with van der Waals surface area (Å²) in [5.74, 6) is 0.652. The van der Waals surface area contributed by atoms with E-state index in [0.29, 0.717) is 12.5 Å². The Bertz CT molecular complexity index is 590. The number of nitrogens with two attached hydrogens (primary N) is 1. The maximum atomic E-state index is 5.68. The van der Waals surface area contributed by atoms with Gasteiger partial charge in [-0.2, -0.15) is 0 Å². The van der Waals surface area contributed by atoms with Crippen LogP contribution < -0.4 is 11.1 Å². The van der Waals surface area contributed by atoms with Crippen molar-refractivity contribution in [2.75, 3.05) is 31.6 Å². The quantitative estimate of drug-likeness (QED) is 0.836. The second-order valence-corrected chi connectivity index (χ2v) is 5.72. The van der Waals surface area contributed by atoms with E-state index in [2.05, 4.69) is 32.3 Å². The van der Waals surface area contributed by atoms with Crippen molar-refractivity contribution in [3.05, 3.63) is 53.9 Å². The molecule has 2 heterocycles. The molecule has 1 saturated heterocycles. The van der Waals surface area contributed by atoms with E-state index in [1.807, 2.05) is 30.6 Å². The van der Waals surface area contributed by atoms with Gasteiger partial charge in [-0.05, 0) is 5.56 Å². The first-order chi connectivity index (χ1) is 11.3. The number of ether oxygens (including phenoxy) is 1. The molecule has 2 aromatic rings. The Morgan fingerprint density at radius 3 is 2.70 bits per heavy atom. The lowest BCUT2D eigenvalue weighted by atomic mass is 10.2. The first kappa shape index (κ1) is 15.9. The van der Waals surface area contributed by atoms with Crippen LogP contribution in [-0.2, 0) is 17.8 Å². The summed E-state index contributed by atoms with van der Waals surface area (Å²) >= 11 is 0. The molecule has 6 nitrogen and oxygen atoms in total. The second-order valence-electron chi connectivity index (χ2n) is 5.72. The van der Waals surface area contributed by atoms with Crippen molar-refractivity contribution in [3.63, 3.8) is 0 Å². The summed E-state index contributed by atoms with van der Waals surface area (Å²) in [5, 5.41) is 3.24. The summed E-state index contributed by atoms with van der Waals surface area (Å²) in [4.78, 5) is 11.1. The smallest absolute Gasteiger partial charge is 0.222 e. The number of aromatic nitrogens is 2. The molecule has 1 aliphatic rings. The van der Waals surface area contributed by atoms with Crippen LogP contribution in [0.1, 0.15) is 11.1 Å². The number of rotatable bonds is 6. The minimum Gasteiger partial charge on any atom is -0.374 e. The van der Waals surface area contributed by atoms with Gasteiger partial charge in [-0.15, -0.1) is 0 Å². The molecule has 1 aromatic carbocycles. The van der Waals surface area contributed by atoms with Gasteiger partial charge in [0.2, 0.25) is 5.95 Å². The molecule has 1 aromatic heterocycles. The van der Waals surface area contributed by atoms with Crippen LogP contribution in [0, 0.1) is 0 Å². The Morgan fingerprint density at radius 1 is 1.17 bits per heavy atom. The zero-order valence-electron chi connectivity index (χ0n) is 13.2. The van der Waals surface area contributed by atoms with Gasteiger partial charge in [0.15, 0.2) is 0 Å². The van der Waals surface area contributed by atoms with E-state index in [9.17, 15) is 0 Å². The van der Waals surface area contributed by atoms with E-state index in [4.69, 9.17) is 10.5 Å². The van der Waals surface area contributed by atoms with Crippen LogP contribution >= 0.6 is 0 Å². The van der Waals surface area contributed by atoms with Crippen molar-refractivity contribution in [2.24, 2.45) is 5.73 Å². The van der Waals surface area contributed by atoms with Crippen LogP contribution in [0.4, 0.5) is 5.95 Å². The van der Waals surface area contributed by atoms with Crippen LogP contribution in [0.5, 0.6) is 0 Å². The lowest BCUT2D eigenvalue weighted by Gasteiger charge is -2.32. The van der Waals surface area contributed by atoms with Gasteiger partial charge >= 0.3 is 0 Å². The lowest BCUT2D eigenvalue weighted by molar-refractivity contribution is -0.0261. The van der Waals surface area contributed by atoms with Crippen molar-refractivity contribution in [2.45, 2.75) is 19.2 Å². The third kappa shape index (κ3) is 4.72. The molecule has 3 rings (SSSR count). The summed E-state index contributed by atoms with van der Waals surface area (Å²) in [7, 11) is 0. The molecule has 1 unspecified atom stereocenters. The fourth-order valence-electron chi connectivity index (χ4n) is 2.63. The molecule has 0 amide bonds. The Hall–Kier alpha value is -2.02. The van der Waals surface area contributed by atoms with Crippen LogP contribution in [-0.4, -0.2) is 47.2 Å². The monoisotopic (exact) mass is 313 g/mol. The van der Waals surface area contributed by atoms with Crippen LogP contribution in [0.2, 0.25) is 0 Å². The van der Waals surface area contributed by atoms with Crippen molar-refractivity contribution in [1.82, 2.24) is 14.9 Å². The number of hydrogen-bond acceptors (Lipinski definition) is 6. The minimum atomic E-state index is 0.136. The average Bonchev–Trinajstić information content (AvgIpc) is 2.62. The molecular formula is C17H23N5O. The van der Waals surface area contributed by atoms with Crippen molar-refractivity contribution < 1.29 is 4.74 Å². The van der Waals surface area contributed by atoms with Gasteiger partial charge in [0.25, 0.3) is 0 Å². The third-order valence-electron chi connectivity index (χ3n) is 3.89. The van der Waals surface area contributed by atoms with Crippen molar-refractivity contribution >= 4 is 5.95 Å². The molecule has 1 atom stereocenters. The topological polar surface area (TPSA) is 76.3 Å². The van der Waals surface area contributed by atoms with Crippen molar-refractivity contribution in [3.8, 4) is 0 Å². The highest BCUT2D eigenvalue weighted by molar-refractivity contribution is 5.27. The van der Waals surface area contributed by atoms with Gasteiger partial charge in [-0.1, -0.05) is 30.3 Å². The number of hydrogen-bond donors (Lipinski definition) is 2. The summed E-state index contributed by atoms with van der Waals surface area (Å²) in [6.07, 6.45) is 3.90. The third-order valence-corrected chi connectivity index (χ3v) is 3.89. The average molecular weight is 313 g/mol. The van der Waals surface area contributed by atoms with Gasteiger partial charge in [0.05, 0.1) is 12.7 Å². The van der Waals surface area contributed by atoms with E-state index in [1.165, 1.54) is 5.56 Å². The predicted octanol–water partition coefficient (Wildman–Crippen LogP) is 1.25. The first-order valence-corrected chi connectivity index (χ1v) is 7.96. The largest absolute Gasteiger partial charge is 0.374 e. The Labute approximate surface area is 136 Å². The number of nitrogens with one attached hydrogen (secondary N) is 1. The molecule has 23 heavy (non-hydrogen) atoms. The highest BCUT2D eigenvalue weighted by Gasteiger charge is 2.19. The standard InChI is InChI=1S/C17H23N5O/c18-8-16-13-22(6-7-23-16)12-15-10-20-17(21-11-15)19-9-14-4-2-1-3-5-14/h1-5,10-11,16H,6-9,12-13,18H2,(H,19,20,21). The number of morpholine rings is 1. The molecule has 6 heteroatoms. The Morgan fingerprint density at radius 2 is 1.96 bits per heavy atom. The van der Waals surface area contributed by atoms with Crippen LogP contribution in [0.3, 0.4) is 0 Å². The van der Waals surface area contributed by atoms with E-state index in [-0.39, 0.29) is 6.10 Å². The fourth-order valence-corrected chi connectivity index (χ4v) is 2.63. The van der Waals surface area contributed by atoms with E-state index in [0.717, 1.165) is 38.3 Å². The van der Waals surface area contributed by atoms with Gasteiger partial charge in [-0.25, -0.2) is 9.97 Å². The molecule has 0 saturated carbocycles. The Kier molecular flexibility index (Phi) is 5.52. The second kappa shape index (κ2) is 8.01. The maximum Gasteiger partial charge on any atom is 0.222 e. The number of anilines is 1. The molecule has 1 fully saturated rings. The van der Waals surface area contributed by atoms with Gasteiger partial charge in [0.1, 0.15) is 0 Å². The van der Waals surface area contributed by atoms with Gasteiger partial charge < -0.3 is 15.8 Å². The summed E-state index contributed by atoms with van der Waals surface area (Å²) in [6.45, 7) is 4.64. The summed E-state index contributed by atoms with van der Waals surface area (Å²) in [5.41, 5.74) is 7.99. The fraction of sp³-hybridized carbons (Fsp3) is 0.412. The molecule has 0 spiro atoms. The summed E-state index contributed by atoms with van der Waals surface area (Å²) < 4.78 is 5.58. The molecule has 0 bridgehead atoms. The summed E-state index contributed by atoms with van der Waals surface area (Å²) in [6, 6.07) is 10.2. The molecule has 1 aliphatic heterocycles. The predicted molar refractivity (Wildman–Crippen MR) is 89.9 cm³/mol. The molecule has 3 N–H and O–H groups in total. The molecule has 0 radical (unpaired) electrons. The Balaban J connectivity index is 1.51. The van der Waals surface area contributed by atoms with Crippen LogP contribution in [0.25, 0.3) is 0 Å². The highest BCUT2D eigenvalue weighted by atomic mass is 16.5. The molecular weight excluding hydrogens is 290 g/mol. The SMILES string of the molecule is NCC1CN(Cc2cnc(NCc3ccccc3)nc2)CCO1. The highest BCUT2D eigenvalue weighted by Crippen LogP contribution is 2.10. The van der Waals surface area contributed by atoms with E-state index >= 15 is 0 Å². The van der Waals surface area contributed by atoms with Crippen molar-refractivity contribution in [1.29, 1.82) is 0 Å². The van der Waals surface area contributed by atoms with E-state index in [1.54, 1.807) is 0 Å². The normalized spacial score (nSPS) is 18.7. The van der Waals surface area contributed by atoms with Gasteiger partial charge in [-0.3, -0.25) is 4.90 Å². The van der Waals surface area contributed by atoms with Gasteiger partial charge in [0, 0.05) is 50.7 Å². The van der Waals surface area contributed by atoms with E-state index < -0.39 is 0 Å². The number of nitrogens with zero attached hydrogens (tertiary/aromatic N) is 3. The first-order valence-electron chi connectivity index (χ1n) is 7.96. The zero-order valence-corrected chi connectivity index (χ0v) is 13.2.